The number of nitrogens with two attached hydrogens (primary N) is 1. The molecular formula is C13H19NO4. The first-order valence-electron chi connectivity index (χ1n) is 5.91. The molecule has 0 fully saturated rings. The van der Waals surface area contributed by atoms with Crippen molar-refractivity contribution in [2.45, 2.75) is 25.6 Å². The Morgan fingerprint density at radius 3 is 2.44 bits per heavy atom. The lowest BCUT2D eigenvalue weighted by molar-refractivity contribution is -0.159. The van der Waals surface area contributed by atoms with Crippen LogP contribution in [0, 0.1) is 0 Å². The summed E-state index contributed by atoms with van der Waals surface area (Å²) in [7, 11) is 0. The van der Waals surface area contributed by atoms with Crippen LogP contribution in [0.2, 0.25) is 0 Å². The molecule has 1 aromatic rings. The Kier molecular flexibility index (Phi) is 5.77. The van der Waals surface area contributed by atoms with Crippen LogP contribution in [0.25, 0.3) is 0 Å². The molecular weight excluding hydrogens is 234 g/mol. The minimum atomic E-state index is -1.56. The number of hydrogen-bond acceptors (Lipinski definition) is 5. The number of benzene rings is 1. The van der Waals surface area contributed by atoms with Crippen molar-refractivity contribution in [3.63, 3.8) is 0 Å². The maximum Gasteiger partial charge on any atom is 0.338 e. The van der Waals surface area contributed by atoms with Gasteiger partial charge in [0.1, 0.15) is 6.10 Å². The van der Waals surface area contributed by atoms with Crippen molar-refractivity contribution < 1.29 is 19.7 Å². The maximum atomic E-state index is 11.3. The van der Waals surface area contributed by atoms with E-state index in [0.29, 0.717) is 12.1 Å². The molecule has 0 aliphatic rings. The Bertz CT molecular complexity index is 377. The first kappa shape index (κ1) is 14.6. The first-order chi connectivity index (χ1) is 8.60. The number of aliphatic hydroxyl groups is 2. The molecule has 0 amide bonds. The Labute approximate surface area is 106 Å². The second-order valence-corrected chi connectivity index (χ2v) is 3.92. The highest BCUT2D eigenvalue weighted by atomic mass is 16.5. The number of rotatable bonds is 6. The summed E-state index contributed by atoms with van der Waals surface area (Å²) < 4.78 is 4.64. The lowest BCUT2D eigenvalue weighted by atomic mass is 10.0. The molecule has 1 aromatic carbocycles. The summed E-state index contributed by atoms with van der Waals surface area (Å²) in [6, 6.07) is 6.95. The highest BCUT2D eigenvalue weighted by Gasteiger charge is 2.26. The molecule has 0 aromatic heterocycles. The lowest BCUT2D eigenvalue weighted by Gasteiger charge is -2.16. The number of carbonyl (C=O) groups is 1. The Balaban J connectivity index is 2.71. The summed E-state index contributed by atoms with van der Waals surface area (Å²) >= 11 is 0. The number of aliphatic hydroxyl groups excluding tert-OH is 2. The predicted octanol–water partition coefficient (Wildman–Crippen LogP) is 0.145. The standard InChI is InChI=1S/C13H19NO4/c1-2-18-13(17)12(16)11(15)10-5-3-9(4-6-10)7-8-14/h3-6,11-12,15-16H,2,7-8,14H2,1H3. The molecule has 0 saturated heterocycles. The van der Waals surface area contributed by atoms with E-state index in [4.69, 9.17) is 5.73 Å². The van der Waals surface area contributed by atoms with Gasteiger partial charge in [0.15, 0.2) is 6.10 Å². The van der Waals surface area contributed by atoms with Gasteiger partial charge in [-0.05, 0) is 31.0 Å². The summed E-state index contributed by atoms with van der Waals surface area (Å²) in [4.78, 5) is 11.3. The molecule has 5 nitrogen and oxygen atoms in total. The van der Waals surface area contributed by atoms with Gasteiger partial charge in [0.05, 0.1) is 6.61 Å². The van der Waals surface area contributed by atoms with Crippen LogP contribution in [0.3, 0.4) is 0 Å². The van der Waals surface area contributed by atoms with Gasteiger partial charge in [-0.3, -0.25) is 0 Å². The summed E-state index contributed by atoms with van der Waals surface area (Å²) in [5, 5.41) is 19.4. The minimum Gasteiger partial charge on any atom is -0.464 e. The van der Waals surface area contributed by atoms with Gasteiger partial charge in [0.25, 0.3) is 0 Å². The molecule has 2 unspecified atom stereocenters. The van der Waals surface area contributed by atoms with Gasteiger partial charge >= 0.3 is 5.97 Å². The first-order valence-corrected chi connectivity index (χ1v) is 5.91. The zero-order chi connectivity index (χ0) is 13.5. The highest BCUT2D eigenvalue weighted by molar-refractivity contribution is 5.75. The van der Waals surface area contributed by atoms with E-state index in [1.807, 2.05) is 12.1 Å². The molecule has 100 valence electrons. The summed E-state index contributed by atoms with van der Waals surface area (Å²) in [6.45, 7) is 2.35. The van der Waals surface area contributed by atoms with Crippen LogP contribution in [0.1, 0.15) is 24.2 Å². The Morgan fingerprint density at radius 2 is 1.94 bits per heavy atom. The molecule has 0 bridgehead atoms. The monoisotopic (exact) mass is 253 g/mol. The van der Waals surface area contributed by atoms with Crippen molar-refractivity contribution in [1.82, 2.24) is 0 Å². The quantitative estimate of drug-likeness (QED) is 0.627. The third kappa shape index (κ3) is 3.80. The number of hydrogen-bond donors (Lipinski definition) is 3. The molecule has 0 heterocycles. The van der Waals surface area contributed by atoms with Gasteiger partial charge in [0, 0.05) is 0 Å². The number of carbonyl (C=O) groups excluding carboxylic acids is 1. The summed E-state index contributed by atoms with van der Waals surface area (Å²) in [5.74, 6) is -0.823. The fourth-order valence-electron chi connectivity index (χ4n) is 1.59. The average molecular weight is 253 g/mol. The van der Waals surface area contributed by atoms with Crippen LogP contribution in [-0.4, -0.2) is 35.4 Å². The second kappa shape index (κ2) is 7.10. The molecule has 1 rings (SSSR count). The Hall–Kier alpha value is -1.43. The van der Waals surface area contributed by atoms with E-state index in [0.717, 1.165) is 12.0 Å². The molecule has 0 radical (unpaired) electrons. The van der Waals surface area contributed by atoms with Crippen LogP contribution < -0.4 is 5.73 Å². The van der Waals surface area contributed by atoms with E-state index in [1.54, 1.807) is 19.1 Å². The Morgan fingerprint density at radius 1 is 1.33 bits per heavy atom. The van der Waals surface area contributed by atoms with Gasteiger partial charge in [0.2, 0.25) is 0 Å². The largest absolute Gasteiger partial charge is 0.464 e. The van der Waals surface area contributed by atoms with Gasteiger partial charge in [-0.15, -0.1) is 0 Å². The normalized spacial score (nSPS) is 14.0. The van der Waals surface area contributed by atoms with Crippen LogP contribution in [0.5, 0.6) is 0 Å². The van der Waals surface area contributed by atoms with Gasteiger partial charge in [-0.2, -0.15) is 0 Å². The van der Waals surface area contributed by atoms with Crippen molar-refractivity contribution in [1.29, 1.82) is 0 Å². The maximum absolute atomic E-state index is 11.3. The van der Waals surface area contributed by atoms with Crippen molar-refractivity contribution in [3.05, 3.63) is 35.4 Å². The third-order valence-electron chi connectivity index (χ3n) is 2.58. The molecule has 5 heteroatoms. The molecule has 0 spiro atoms. The topological polar surface area (TPSA) is 92.8 Å². The summed E-state index contributed by atoms with van der Waals surface area (Å²) in [6.07, 6.45) is -2.10. The van der Waals surface area contributed by atoms with Crippen molar-refractivity contribution >= 4 is 5.97 Å². The minimum absolute atomic E-state index is 0.165. The van der Waals surface area contributed by atoms with Crippen molar-refractivity contribution in [3.8, 4) is 0 Å². The number of ether oxygens (including phenoxy) is 1. The molecule has 2 atom stereocenters. The third-order valence-corrected chi connectivity index (χ3v) is 2.58. The summed E-state index contributed by atoms with van der Waals surface area (Å²) in [5.41, 5.74) is 6.94. The van der Waals surface area contributed by atoms with Crippen LogP contribution in [-0.2, 0) is 16.0 Å². The smallest absolute Gasteiger partial charge is 0.338 e. The van der Waals surface area contributed by atoms with Crippen LogP contribution in [0.4, 0.5) is 0 Å². The average Bonchev–Trinajstić information content (AvgIpc) is 2.38. The van der Waals surface area contributed by atoms with Gasteiger partial charge < -0.3 is 20.7 Å². The van der Waals surface area contributed by atoms with E-state index < -0.39 is 18.2 Å². The molecule has 0 aliphatic carbocycles. The molecule has 4 N–H and O–H groups in total. The second-order valence-electron chi connectivity index (χ2n) is 3.92. The van der Waals surface area contributed by atoms with E-state index in [1.165, 1.54) is 0 Å². The van der Waals surface area contributed by atoms with E-state index in [-0.39, 0.29) is 6.61 Å². The fraction of sp³-hybridized carbons (Fsp3) is 0.462. The zero-order valence-electron chi connectivity index (χ0n) is 10.4. The predicted molar refractivity (Wildman–Crippen MR) is 66.8 cm³/mol. The molecule has 18 heavy (non-hydrogen) atoms. The zero-order valence-corrected chi connectivity index (χ0v) is 10.4. The molecule has 0 saturated carbocycles. The van der Waals surface area contributed by atoms with Gasteiger partial charge in [-0.25, -0.2) is 4.79 Å². The van der Waals surface area contributed by atoms with Crippen LogP contribution >= 0.6 is 0 Å². The number of esters is 1. The van der Waals surface area contributed by atoms with E-state index in [2.05, 4.69) is 4.74 Å². The van der Waals surface area contributed by atoms with Crippen molar-refractivity contribution in [2.75, 3.05) is 13.2 Å². The molecule has 0 aliphatic heterocycles. The van der Waals surface area contributed by atoms with Crippen LogP contribution in [0.15, 0.2) is 24.3 Å². The SMILES string of the molecule is CCOC(=O)C(O)C(O)c1ccc(CCN)cc1. The highest BCUT2D eigenvalue weighted by Crippen LogP contribution is 2.18. The van der Waals surface area contributed by atoms with Gasteiger partial charge in [-0.1, -0.05) is 24.3 Å². The van der Waals surface area contributed by atoms with Crippen molar-refractivity contribution in [2.24, 2.45) is 5.73 Å². The van der Waals surface area contributed by atoms with E-state index in [9.17, 15) is 15.0 Å². The van der Waals surface area contributed by atoms with E-state index >= 15 is 0 Å². The lowest BCUT2D eigenvalue weighted by Crippen LogP contribution is -2.29. The fourth-order valence-corrected chi connectivity index (χ4v) is 1.59.